The van der Waals surface area contributed by atoms with Gasteiger partial charge in [-0.3, -0.25) is 19.5 Å². The molecule has 2 amide bonds. The van der Waals surface area contributed by atoms with Crippen LogP contribution in [0.1, 0.15) is 94.1 Å². The molecule has 4 heterocycles. The molecule has 0 aromatic heterocycles. The van der Waals surface area contributed by atoms with Gasteiger partial charge >= 0.3 is 0 Å². The summed E-state index contributed by atoms with van der Waals surface area (Å²) in [5.74, 6) is 1.72. The minimum atomic E-state index is -0.133. The fourth-order valence-corrected chi connectivity index (χ4v) is 8.14. The molecule has 0 unspecified atom stereocenters. The van der Waals surface area contributed by atoms with E-state index in [0.717, 1.165) is 82.6 Å². The number of rotatable bonds is 9. The van der Waals surface area contributed by atoms with Crippen molar-refractivity contribution in [2.75, 3.05) is 16.9 Å². The molecule has 9 rings (SSSR count). The van der Waals surface area contributed by atoms with Gasteiger partial charge in [-0.1, -0.05) is 69.0 Å². The molecule has 8 nitrogen and oxygen atoms in total. The van der Waals surface area contributed by atoms with Crippen molar-refractivity contribution in [2.24, 2.45) is 10.4 Å². The molecule has 0 aliphatic carbocycles. The van der Waals surface area contributed by atoms with Gasteiger partial charge in [0.1, 0.15) is 5.75 Å². The third-order valence-corrected chi connectivity index (χ3v) is 12.1. The number of methoxy groups -OCH3 is 1. The maximum atomic E-state index is 13.8. The minimum Gasteiger partial charge on any atom is -0.501 e. The Labute approximate surface area is 373 Å². The number of carbonyl (C=O) groups is 2. The summed E-state index contributed by atoms with van der Waals surface area (Å²) in [5, 5.41) is 0. The number of carbonyl (C=O) groups excluding carboxylic acids is 2. The largest absolute Gasteiger partial charge is 0.501 e. The zero-order valence-electron chi connectivity index (χ0n) is 34.7. The van der Waals surface area contributed by atoms with Crippen LogP contribution >= 0.6 is 0 Å². The van der Waals surface area contributed by atoms with Gasteiger partial charge in [0.15, 0.2) is 11.5 Å². The van der Waals surface area contributed by atoms with Crippen LogP contribution in [-0.2, 0) is 65.2 Å². The molecule has 9 heteroatoms. The average Bonchev–Trinajstić information content (AvgIpc) is 3.74. The van der Waals surface area contributed by atoms with Crippen molar-refractivity contribution in [3.8, 4) is 17.2 Å². The van der Waals surface area contributed by atoms with Crippen molar-refractivity contribution in [3.05, 3.63) is 148 Å². The summed E-state index contributed by atoms with van der Waals surface area (Å²) in [6.45, 7) is 13.1. The van der Waals surface area contributed by atoms with Gasteiger partial charge in [-0.05, 0) is 78.8 Å². The third kappa shape index (κ3) is 8.62. The second-order valence-electron chi connectivity index (χ2n) is 16.4. The van der Waals surface area contributed by atoms with Crippen LogP contribution in [0, 0.1) is 25.3 Å². The average molecular weight is 863 g/mol. The number of anilines is 2. The zero-order chi connectivity index (χ0) is 40.6. The van der Waals surface area contributed by atoms with Crippen LogP contribution in [0.4, 0.5) is 17.1 Å². The first kappa shape index (κ1) is 42.3. The normalized spacial score (nSPS) is 17.1. The number of fused-ring (bicyclic) bond motifs is 8. The van der Waals surface area contributed by atoms with Crippen LogP contribution in [0.5, 0.6) is 17.2 Å². The van der Waals surface area contributed by atoms with Gasteiger partial charge in [0.25, 0.3) is 11.8 Å². The Morgan fingerprint density at radius 1 is 0.797 bits per heavy atom. The predicted molar refractivity (Wildman–Crippen MR) is 230 cm³/mol. The van der Waals surface area contributed by atoms with E-state index in [1.54, 1.807) is 19.2 Å². The van der Waals surface area contributed by atoms with Gasteiger partial charge in [-0.2, -0.15) is 30.7 Å². The van der Waals surface area contributed by atoms with E-state index >= 15 is 0 Å². The Kier molecular flexibility index (Phi) is 12.8. The Morgan fingerprint density at radius 2 is 1.44 bits per heavy atom. The van der Waals surface area contributed by atoms with Crippen LogP contribution in [0.25, 0.3) is 0 Å². The van der Waals surface area contributed by atoms with Crippen molar-refractivity contribution in [3.63, 3.8) is 0 Å². The fourth-order valence-electron chi connectivity index (χ4n) is 8.14. The van der Waals surface area contributed by atoms with Gasteiger partial charge in [0.05, 0.1) is 37.6 Å². The van der Waals surface area contributed by atoms with Crippen LogP contribution in [0.3, 0.4) is 0 Å². The van der Waals surface area contributed by atoms with E-state index in [1.807, 2.05) is 83.6 Å². The molecule has 2 atom stereocenters. The van der Waals surface area contributed by atoms with Gasteiger partial charge in [-0.15, -0.1) is 11.1 Å². The monoisotopic (exact) mass is 862 g/mol. The van der Waals surface area contributed by atoms with Crippen LogP contribution in [-0.4, -0.2) is 37.2 Å². The van der Waals surface area contributed by atoms with E-state index in [-0.39, 0.29) is 63.2 Å². The molecule has 5 aromatic carbocycles. The van der Waals surface area contributed by atoms with Gasteiger partial charge in [0.2, 0.25) is 0 Å². The summed E-state index contributed by atoms with van der Waals surface area (Å²) in [4.78, 5) is 36.1. The smallest absolute Gasteiger partial charge is 0.261 e. The summed E-state index contributed by atoms with van der Waals surface area (Å²) in [6.07, 6.45) is 7.50. The number of aliphatic imine (C=N–C) groups is 1. The summed E-state index contributed by atoms with van der Waals surface area (Å²) in [7, 11) is 1.57. The van der Waals surface area contributed by atoms with Crippen molar-refractivity contribution >= 4 is 35.1 Å². The molecule has 5 aromatic rings. The topological polar surface area (TPSA) is 80.7 Å². The Bertz CT molecular complexity index is 2400. The van der Waals surface area contributed by atoms with E-state index in [9.17, 15) is 9.59 Å². The maximum absolute atomic E-state index is 13.8. The van der Waals surface area contributed by atoms with Gasteiger partial charge in [-0.25, -0.2) is 0 Å². The first-order chi connectivity index (χ1) is 28.1. The molecule has 1 radical (unpaired) electrons. The summed E-state index contributed by atoms with van der Waals surface area (Å²) in [6, 6.07) is 32.9. The van der Waals surface area contributed by atoms with E-state index < -0.39 is 0 Å². The minimum absolute atomic E-state index is 0. The van der Waals surface area contributed by atoms with E-state index in [2.05, 4.69) is 52.0 Å². The van der Waals surface area contributed by atoms with Crippen molar-refractivity contribution < 1.29 is 56.5 Å². The first-order valence-corrected chi connectivity index (χ1v) is 20.3. The molecule has 4 aliphatic rings. The molecule has 0 spiro atoms. The molecule has 0 N–H and O–H groups in total. The molecule has 0 saturated heterocycles. The number of ether oxygens (including phenoxy) is 3. The van der Waals surface area contributed by atoms with Crippen molar-refractivity contribution in [2.45, 2.75) is 91.5 Å². The number of hydrogen-bond donors (Lipinski definition) is 0. The third-order valence-electron chi connectivity index (χ3n) is 12.1. The predicted octanol–water partition coefficient (Wildman–Crippen LogP) is 10.4. The summed E-state index contributed by atoms with van der Waals surface area (Å²) < 4.78 is 18.3. The maximum Gasteiger partial charge on any atom is 0.261 e. The standard InChI is InChI=1S/C43H36N3O5.C7H15.Y/c1-26-16-34-29(14-15-32-18-30-10-3-5-12-37(30)45(32)42(34)47)20-39(26)50-24-27-8-7-9-28(17-27)25-51-41-22-36-35(21-40(41)49-2)43(48)46-33(23-44-36)19-31-11-4-6-13-38(31)46;1-5-7(3,4)6-2;/h3-6,8-13,16-17,20-23,32-33H,14-15,18-19,24-25H2,1-2H3;1,5-6H2,2-4H3;/q2*-1;/t32-,33+;;/m1../s1. The van der Waals surface area contributed by atoms with Gasteiger partial charge < -0.3 is 26.0 Å². The Hall–Kier alpha value is -4.79. The number of nitrogens with zero attached hydrogens (tertiary/aromatic N) is 3. The summed E-state index contributed by atoms with van der Waals surface area (Å²) >= 11 is 0. The van der Waals surface area contributed by atoms with Crippen molar-refractivity contribution in [1.82, 2.24) is 0 Å². The Balaban J connectivity index is 0.000000609. The quantitative estimate of drug-likeness (QED) is 0.138. The number of hydrogen-bond acceptors (Lipinski definition) is 6. The first-order valence-electron chi connectivity index (χ1n) is 20.3. The van der Waals surface area contributed by atoms with Crippen LogP contribution in [0.15, 0.2) is 96.0 Å². The van der Waals surface area contributed by atoms with Gasteiger partial charge in [0, 0.05) is 74.4 Å². The number of para-hydroxylation sites is 2. The van der Waals surface area contributed by atoms with Crippen molar-refractivity contribution in [1.29, 1.82) is 0 Å². The van der Waals surface area contributed by atoms with E-state index in [1.165, 1.54) is 12.0 Å². The molecule has 0 fully saturated rings. The number of amides is 2. The molecule has 4 aliphatic heterocycles. The van der Waals surface area contributed by atoms with Crippen LogP contribution < -0.4 is 24.0 Å². The molecular formula is C50H51N3O5Y-2. The number of aryl methyl sites for hydroxylation is 2. The van der Waals surface area contributed by atoms with E-state index in [4.69, 9.17) is 19.2 Å². The SMILES string of the molecule is COc1cc2c(cc1OCc1c[c-]cc(COc3cc4c(cc3C)C(=O)N3c5ccccc5C[C@H]3CC4)c1)N=C[C@@H]1Cc3ccccc3N1C2=O.[CH2-]CC(C)(C)CC.[Y]. The zero-order valence-corrected chi connectivity index (χ0v) is 37.6. The molecule has 59 heavy (non-hydrogen) atoms. The number of benzene rings is 5. The summed E-state index contributed by atoms with van der Waals surface area (Å²) in [5.41, 5.74) is 10.4. The second kappa shape index (κ2) is 17.8. The molecule has 301 valence electrons. The fraction of sp³-hybridized carbons (Fsp3) is 0.320. The molecule has 0 bridgehead atoms. The van der Waals surface area contributed by atoms with E-state index in [0.29, 0.717) is 34.8 Å². The second-order valence-corrected chi connectivity index (χ2v) is 16.4. The van der Waals surface area contributed by atoms with Crippen LogP contribution in [0.2, 0.25) is 0 Å². The Morgan fingerprint density at radius 3 is 2.10 bits per heavy atom. The molecular weight excluding hydrogens is 811 g/mol. The molecule has 0 saturated carbocycles.